The van der Waals surface area contributed by atoms with Gasteiger partial charge in [-0.25, -0.2) is 5.06 Å². The van der Waals surface area contributed by atoms with Crippen LogP contribution in [0.25, 0.3) is 11.1 Å². The Hall–Kier alpha value is -2.74. The van der Waals surface area contributed by atoms with Crippen molar-refractivity contribution in [3.63, 3.8) is 0 Å². The van der Waals surface area contributed by atoms with Gasteiger partial charge in [0.2, 0.25) is 5.96 Å². The lowest BCUT2D eigenvalue weighted by atomic mass is 9.90. The zero-order chi connectivity index (χ0) is 18.9. The molecule has 1 saturated heterocycles. The summed E-state index contributed by atoms with van der Waals surface area (Å²) in [6.07, 6.45) is -4.73. The fraction of sp³-hybridized carbons (Fsp3) is 0.278. The molecule has 5 nitrogen and oxygen atoms in total. The molecule has 0 radical (unpaired) electrons. The van der Waals surface area contributed by atoms with Crippen LogP contribution < -0.4 is 10.1 Å². The van der Waals surface area contributed by atoms with Crippen LogP contribution in [0.1, 0.15) is 12.5 Å². The maximum absolute atomic E-state index is 12.4. The van der Waals surface area contributed by atoms with Crippen LogP contribution in [0.15, 0.2) is 48.5 Å². The Bertz CT molecular complexity index is 825. The van der Waals surface area contributed by atoms with Crippen LogP contribution in [0.2, 0.25) is 0 Å². The Morgan fingerprint density at radius 2 is 1.81 bits per heavy atom. The largest absolute Gasteiger partial charge is 0.573 e. The van der Waals surface area contributed by atoms with E-state index < -0.39 is 11.9 Å². The number of alkyl halides is 3. The van der Waals surface area contributed by atoms with Gasteiger partial charge in [0.05, 0.1) is 5.54 Å². The summed E-state index contributed by atoms with van der Waals surface area (Å²) in [5.74, 6) is -0.140. The summed E-state index contributed by atoms with van der Waals surface area (Å²) in [4.78, 5) is 5.48. The molecule has 26 heavy (non-hydrogen) atoms. The number of guanidine groups is 1. The van der Waals surface area contributed by atoms with Crippen molar-refractivity contribution in [2.45, 2.75) is 18.8 Å². The minimum absolute atomic E-state index is 0.129. The SMILES string of the molecule is CN1OCC(C)(c2cccc(-c3cccc(OC(F)(F)F)c3)c2)NC1=N. The second kappa shape index (κ2) is 6.53. The van der Waals surface area contributed by atoms with Crippen molar-refractivity contribution in [2.24, 2.45) is 0 Å². The number of benzene rings is 2. The van der Waals surface area contributed by atoms with Gasteiger partial charge in [-0.1, -0.05) is 30.3 Å². The number of hydrogen-bond donors (Lipinski definition) is 2. The Morgan fingerprint density at radius 1 is 1.15 bits per heavy atom. The highest BCUT2D eigenvalue weighted by atomic mass is 19.4. The van der Waals surface area contributed by atoms with E-state index in [1.807, 2.05) is 25.1 Å². The van der Waals surface area contributed by atoms with E-state index in [4.69, 9.17) is 10.2 Å². The van der Waals surface area contributed by atoms with E-state index in [-0.39, 0.29) is 11.7 Å². The lowest BCUT2D eigenvalue weighted by molar-refractivity contribution is -0.274. The fourth-order valence-electron chi connectivity index (χ4n) is 2.74. The molecule has 1 atom stereocenters. The number of hydroxylamine groups is 2. The van der Waals surface area contributed by atoms with Gasteiger partial charge in [0.1, 0.15) is 12.4 Å². The van der Waals surface area contributed by atoms with Gasteiger partial charge in [-0.2, -0.15) is 0 Å². The molecule has 0 saturated carbocycles. The predicted molar refractivity (Wildman–Crippen MR) is 90.5 cm³/mol. The van der Waals surface area contributed by atoms with Gasteiger partial charge in [-0.05, 0) is 41.8 Å². The first-order chi connectivity index (χ1) is 12.2. The van der Waals surface area contributed by atoms with Crippen molar-refractivity contribution in [2.75, 3.05) is 13.7 Å². The number of hydrogen-bond acceptors (Lipinski definition) is 3. The molecule has 3 rings (SSSR count). The number of nitrogens with zero attached hydrogens (tertiary/aromatic N) is 1. The topological polar surface area (TPSA) is 57.6 Å². The molecule has 2 aromatic carbocycles. The highest BCUT2D eigenvalue weighted by Gasteiger charge is 2.34. The van der Waals surface area contributed by atoms with Crippen molar-refractivity contribution >= 4 is 5.96 Å². The lowest BCUT2D eigenvalue weighted by Gasteiger charge is -2.40. The van der Waals surface area contributed by atoms with Crippen molar-refractivity contribution in [3.8, 4) is 16.9 Å². The standard InChI is InChI=1S/C18H18F3N3O2/c1-17(11-25-24(2)16(22)23-17)14-7-3-5-12(9-14)13-6-4-8-15(10-13)26-18(19,20)21/h3-10H,11H2,1-2H3,(H2,22,23). The Labute approximate surface area is 148 Å². The molecule has 1 aliphatic heterocycles. The Balaban J connectivity index is 1.91. The van der Waals surface area contributed by atoms with E-state index in [1.165, 1.54) is 23.3 Å². The third-order valence-corrected chi connectivity index (χ3v) is 4.16. The molecule has 8 heteroatoms. The summed E-state index contributed by atoms with van der Waals surface area (Å²) in [5, 5.41) is 12.3. The van der Waals surface area contributed by atoms with Crippen LogP contribution in [0, 0.1) is 5.41 Å². The minimum Gasteiger partial charge on any atom is -0.406 e. The fourth-order valence-corrected chi connectivity index (χ4v) is 2.74. The molecule has 0 bridgehead atoms. The Kier molecular flexibility index (Phi) is 4.53. The molecular formula is C18H18F3N3O2. The molecule has 0 aliphatic carbocycles. The molecule has 1 unspecified atom stereocenters. The molecule has 2 N–H and O–H groups in total. The number of nitrogens with one attached hydrogen (secondary N) is 2. The van der Waals surface area contributed by atoms with Crippen molar-refractivity contribution < 1.29 is 22.7 Å². The molecule has 138 valence electrons. The second-order valence-corrected chi connectivity index (χ2v) is 6.23. The summed E-state index contributed by atoms with van der Waals surface area (Å²) in [7, 11) is 1.64. The van der Waals surface area contributed by atoms with E-state index in [9.17, 15) is 13.2 Å². The van der Waals surface area contributed by atoms with Gasteiger partial charge in [0.15, 0.2) is 0 Å². The van der Waals surface area contributed by atoms with Gasteiger partial charge in [-0.15, -0.1) is 13.2 Å². The van der Waals surface area contributed by atoms with E-state index in [0.717, 1.165) is 11.1 Å². The quantitative estimate of drug-likeness (QED) is 0.867. The summed E-state index contributed by atoms with van der Waals surface area (Å²) >= 11 is 0. The Morgan fingerprint density at radius 3 is 2.46 bits per heavy atom. The first-order valence-electron chi connectivity index (χ1n) is 7.86. The van der Waals surface area contributed by atoms with Crippen LogP contribution in [-0.4, -0.2) is 31.0 Å². The molecule has 0 spiro atoms. The maximum atomic E-state index is 12.4. The highest BCUT2D eigenvalue weighted by molar-refractivity contribution is 5.77. The van der Waals surface area contributed by atoms with Crippen LogP contribution >= 0.6 is 0 Å². The summed E-state index contributed by atoms with van der Waals surface area (Å²) < 4.78 is 41.3. The van der Waals surface area contributed by atoms with Gasteiger partial charge >= 0.3 is 6.36 Å². The highest BCUT2D eigenvalue weighted by Crippen LogP contribution is 2.31. The average molecular weight is 365 g/mol. The molecular weight excluding hydrogens is 347 g/mol. The summed E-state index contributed by atoms with van der Waals surface area (Å²) in [5.41, 5.74) is 1.57. The number of ether oxygens (including phenoxy) is 1. The predicted octanol–water partition coefficient (Wildman–Crippen LogP) is 3.87. The van der Waals surface area contributed by atoms with E-state index in [1.54, 1.807) is 19.2 Å². The van der Waals surface area contributed by atoms with E-state index >= 15 is 0 Å². The lowest BCUT2D eigenvalue weighted by Crippen LogP contribution is -2.57. The van der Waals surface area contributed by atoms with Crippen molar-refractivity contribution in [1.29, 1.82) is 5.41 Å². The van der Waals surface area contributed by atoms with E-state index in [0.29, 0.717) is 12.2 Å². The smallest absolute Gasteiger partial charge is 0.406 e. The van der Waals surface area contributed by atoms with Gasteiger partial charge in [-0.3, -0.25) is 10.2 Å². The van der Waals surface area contributed by atoms with Crippen molar-refractivity contribution in [1.82, 2.24) is 10.4 Å². The van der Waals surface area contributed by atoms with Crippen LogP contribution in [-0.2, 0) is 10.4 Å². The zero-order valence-electron chi connectivity index (χ0n) is 14.2. The normalized spacial score (nSPS) is 20.7. The third kappa shape index (κ3) is 3.91. The molecule has 1 aliphatic rings. The monoisotopic (exact) mass is 365 g/mol. The number of halogens is 3. The van der Waals surface area contributed by atoms with Gasteiger partial charge < -0.3 is 10.1 Å². The maximum Gasteiger partial charge on any atom is 0.573 e. The molecule has 1 heterocycles. The number of rotatable bonds is 3. The van der Waals surface area contributed by atoms with Crippen LogP contribution in [0.3, 0.4) is 0 Å². The summed E-state index contributed by atoms with van der Waals surface area (Å²) in [6, 6.07) is 13.2. The van der Waals surface area contributed by atoms with Gasteiger partial charge in [0.25, 0.3) is 0 Å². The third-order valence-electron chi connectivity index (χ3n) is 4.16. The molecule has 0 amide bonds. The first-order valence-corrected chi connectivity index (χ1v) is 7.86. The average Bonchev–Trinajstić information content (AvgIpc) is 2.57. The van der Waals surface area contributed by atoms with Gasteiger partial charge in [0, 0.05) is 7.05 Å². The van der Waals surface area contributed by atoms with Crippen LogP contribution in [0.5, 0.6) is 5.75 Å². The first kappa shape index (κ1) is 18.1. The second-order valence-electron chi connectivity index (χ2n) is 6.23. The summed E-state index contributed by atoms with van der Waals surface area (Å²) in [6.45, 7) is 2.21. The van der Waals surface area contributed by atoms with Crippen molar-refractivity contribution in [3.05, 3.63) is 54.1 Å². The zero-order valence-corrected chi connectivity index (χ0v) is 14.2. The van der Waals surface area contributed by atoms with Crippen LogP contribution in [0.4, 0.5) is 13.2 Å². The molecule has 2 aromatic rings. The van der Waals surface area contributed by atoms with E-state index in [2.05, 4.69) is 10.1 Å². The minimum atomic E-state index is -4.73. The molecule has 0 aromatic heterocycles. The molecule has 1 fully saturated rings.